The summed E-state index contributed by atoms with van der Waals surface area (Å²) in [6, 6.07) is 8.45. The van der Waals surface area contributed by atoms with Gasteiger partial charge in [-0.15, -0.1) is 12.4 Å². The van der Waals surface area contributed by atoms with Crippen molar-refractivity contribution in [1.82, 2.24) is 5.32 Å². The van der Waals surface area contributed by atoms with Gasteiger partial charge in [0, 0.05) is 29.6 Å². The topological polar surface area (TPSA) is 64.4 Å². The number of amides is 1. The van der Waals surface area contributed by atoms with E-state index >= 15 is 0 Å². The van der Waals surface area contributed by atoms with E-state index in [1.807, 2.05) is 0 Å². The van der Waals surface area contributed by atoms with Gasteiger partial charge in [-0.1, -0.05) is 34.5 Å². The quantitative estimate of drug-likeness (QED) is 0.812. The van der Waals surface area contributed by atoms with Gasteiger partial charge in [-0.2, -0.15) is 0 Å². The van der Waals surface area contributed by atoms with Crippen LogP contribution >= 0.6 is 28.3 Å². The lowest BCUT2D eigenvalue weighted by Crippen LogP contribution is -2.59. The van der Waals surface area contributed by atoms with Crippen molar-refractivity contribution in [2.45, 2.75) is 43.1 Å². The molecule has 2 aliphatic rings. The maximum atomic E-state index is 12.5. The van der Waals surface area contributed by atoms with Crippen molar-refractivity contribution >= 4 is 34.2 Å². The number of nitrogens with one attached hydrogen (secondary N) is 1. The zero-order chi connectivity index (χ0) is 15.6. The molecule has 1 aliphatic carbocycles. The Hall–Kier alpha value is -0.620. The first-order valence-electron chi connectivity index (χ1n) is 7.95. The van der Waals surface area contributed by atoms with Crippen LogP contribution in [-0.4, -0.2) is 31.2 Å². The van der Waals surface area contributed by atoms with E-state index in [-0.39, 0.29) is 23.7 Å². The second-order valence-electron chi connectivity index (χ2n) is 6.59. The number of rotatable bonds is 4. The number of benzene rings is 1. The molecule has 0 unspecified atom stereocenters. The summed E-state index contributed by atoms with van der Waals surface area (Å²) in [6.07, 6.45) is 4.66. The zero-order valence-electron chi connectivity index (χ0n) is 13.1. The van der Waals surface area contributed by atoms with Crippen molar-refractivity contribution in [2.75, 3.05) is 19.8 Å². The van der Waals surface area contributed by atoms with Crippen molar-refractivity contribution in [3.05, 3.63) is 34.3 Å². The first-order chi connectivity index (χ1) is 10.5. The third-order valence-electron chi connectivity index (χ3n) is 5.19. The number of nitrogens with two attached hydrogens (primary N) is 1. The Balaban J connectivity index is 0.00000192. The van der Waals surface area contributed by atoms with Crippen LogP contribution in [0.3, 0.4) is 0 Å². The molecule has 1 heterocycles. The first kappa shape index (κ1) is 18.7. The molecule has 4 nitrogen and oxygen atoms in total. The predicted molar refractivity (Wildman–Crippen MR) is 96.9 cm³/mol. The van der Waals surface area contributed by atoms with Crippen LogP contribution in [0.25, 0.3) is 0 Å². The Kier molecular flexibility index (Phi) is 6.11. The molecule has 1 aromatic rings. The Morgan fingerprint density at radius 1 is 1.17 bits per heavy atom. The van der Waals surface area contributed by atoms with E-state index in [9.17, 15) is 4.79 Å². The van der Waals surface area contributed by atoms with Crippen LogP contribution in [0.15, 0.2) is 28.7 Å². The Bertz CT molecular complexity index is 540. The van der Waals surface area contributed by atoms with Crippen LogP contribution < -0.4 is 11.1 Å². The van der Waals surface area contributed by atoms with E-state index < -0.39 is 5.54 Å². The molecule has 1 saturated carbocycles. The number of halogens is 2. The van der Waals surface area contributed by atoms with Gasteiger partial charge in [-0.05, 0) is 43.4 Å². The van der Waals surface area contributed by atoms with Crippen LogP contribution in [0.5, 0.6) is 0 Å². The molecule has 1 saturated heterocycles. The lowest BCUT2D eigenvalue weighted by atomic mass is 9.64. The lowest BCUT2D eigenvalue weighted by molar-refractivity contribution is -0.130. The highest BCUT2D eigenvalue weighted by molar-refractivity contribution is 9.10. The number of ether oxygens (including phenoxy) is 1. The minimum absolute atomic E-state index is 0. The molecule has 0 bridgehead atoms. The monoisotopic (exact) mass is 402 g/mol. The standard InChI is InChI=1S/C17H23BrN2O2.ClH/c18-14-4-2-13(3-5-14)16(6-1-7-16)12-20-15(21)17(19)8-10-22-11-9-17;/h2-5H,1,6-12,19H2,(H,20,21);1H. The summed E-state index contributed by atoms with van der Waals surface area (Å²) in [7, 11) is 0. The van der Waals surface area contributed by atoms with Crippen LogP contribution in [0, 0.1) is 0 Å². The second kappa shape index (κ2) is 7.51. The molecule has 1 amide bonds. The van der Waals surface area contributed by atoms with Crippen molar-refractivity contribution in [3.8, 4) is 0 Å². The van der Waals surface area contributed by atoms with Crippen molar-refractivity contribution in [3.63, 3.8) is 0 Å². The van der Waals surface area contributed by atoms with Gasteiger partial charge in [0.15, 0.2) is 0 Å². The second-order valence-corrected chi connectivity index (χ2v) is 7.51. The molecule has 0 spiro atoms. The van der Waals surface area contributed by atoms with Crippen LogP contribution in [0.2, 0.25) is 0 Å². The maximum Gasteiger partial charge on any atom is 0.240 e. The molecule has 0 aromatic heterocycles. The van der Waals surface area contributed by atoms with E-state index in [0.717, 1.165) is 17.3 Å². The summed E-state index contributed by atoms with van der Waals surface area (Å²) in [4.78, 5) is 12.5. The summed E-state index contributed by atoms with van der Waals surface area (Å²) in [6.45, 7) is 1.82. The fourth-order valence-corrected chi connectivity index (χ4v) is 3.63. The number of carbonyl (C=O) groups excluding carboxylic acids is 1. The summed E-state index contributed by atoms with van der Waals surface area (Å²) in [5.41, 5.74) is 6.88. The Morgan fingerprint density at radius 2 is 1.78 bits per heavy atom. The van der Waals surface area contributed by atoms with Gasteiger partial charge < -0.3 is 15.8 Å². The molecule has 0 radical (unpaired) electrons. The Labute approximate surface area is 152 Å². The summed E-state index contributed by atoms with van der Waals surface area (Å²) in [5.74, 6) is -0.0285. The van der Waals surface area contributed by atoms with E-state index in [1.54, 1.807) is 0 Å². The van der Waals surface area contributed by atoms with Gasteiger partial charge in [-0.3, -0.25) is 4.79 Å². The van der Waals surface area contributed by atoms with Crippen molar-refractivity contribution in [1.29, 1.82) is 0 Å². The molecule has 3 rings (SSSR count). The number of hydrogen-bond donors (Lipinski definition) is 2. The largest absolute Gasteiger partial charge is 0.381 e. The lowest BCUT2D eigenvalue weighted by Gasteiger charge is -2.43. The maximum absolute atomic E-state index is 12.5. The van der Waals surface area contributed by atoms with E-state index in [4.69, 9.17) is 10.5 Å². The van der Waals surface area contributed by atoms with Gasteiger partial charge in [-0.25, -0.2) is 0 Å². The smallest absolute Gasteiger partial charge is 0.240 e. The minimum atomic E-state index is -0.761. The highest BCUT2D eigenvalue weighted by atomic mass is 79.9. The van der Waals surface area contributed by atoms with E-state index in [2.05, 4.69) is 45.5 Å². The van der Waals surface area contributed by atoms with Gasteiger partial charge >= 0.3 is 0 Å². The highest BCUT2D eigenvalue weighted by Crippen LogP contribution is 2.43. The van der Waals surface area contributed by atoms with E-state index in [0.29, 0.717) is 32.6 Å². The van der Waals surface area contributed by atoms with Gasteiger partial charge in [0.1, 0.15) is 0 Å². The molecule has 6 heteroatoms. The molecule has 0 atom stereocenters. The Morgan fingerprint density at radius 3 is 2.30 bits per heavy atom. The molecule has 2 fully saturated rings. The molecule has 1 aliphatic heterocycles. The molecule has 128 valence electrons. The fourth-order valence-electron chi connectivity index (χ4n) is 3.36. The number of carbonyl (C=O) groups is 1. The zero-order valence-corrected chi connectivity index (χ0v) is 15.5. The molecular weight excluding hydrogens is 380 g/mol. The van der Waals surface area contributed by atoms with Gasteiger partial charge in [0.2, 0.25) is 5.91 Å². The average Bonchev–Trinajstić information content (AvgIpc) is 2.48. The van der Waals surface area contributed by atoms with Crippen LogP contribution in [-0.2, 0) is 14.9 Å². The van der Waals surface area contributed by atoms with E-state index in [1.165, 1.54) is 12.0 Å². The molecular formula is C17H24BrClN2O2. The third kappa shape index (κ3) is 3.90. The summed E-state index contributed by atoms with van der Waals surface area (Å²) < 4.78 is 6.39. The predicted octanol–water partition coefficient (Wildman–Crippen LogP) is 2.92. The fraction of sp³-hybridized carbons (Fsp3) is 0.588. The summed E-state index contributed by atoms with van der Waals surface area (Å²) >= 11 is 3.48. The van der Waals surface area contributed by atoms with Gasteiger partial charge in [0.05, 0.1) is 5.54 Å². The third-order valence-corrected chi connectivity index (χ3v) is 5.72. The molecule has 1 aromatic carbocycles. The van der Waals surface area contributed by atoms with Crippen LogP contribution in [0.1, 0.15) is 37.7 Å². The highest BCUT2D eigenvalue weighted by Gasteiger charge is 2.41. The normalized spacial score (nSPS) is 21.7. The average molecular weight is 404 g/mol. The summed E-state index contributed by atoms with van der Waals surface area (Å²) in [5, 5.41) is 3.12. The molecule has 23 heavy (non-hydrogen) atoms. The number of hydrogen-bond acceptors (Lipinski definition) is 3. The van der Waals surface area contributed by atoms with Crippen LogP contribution in [0.4, 0.5) is 0 Å². The minimum Gasteiger partial charge on any atom is -0.381 e. The molecule has 3 N–H and O–H groups in total. The first-order valence-corrected chi connectivity index (χ1v) is 8.74. The van der Waals surface area contributed by atoms with Crippen molar-refractivity contribution < 1.29 is 9.53 Å². The SMILES string of the molecule is Cl.NC1(C(=O)NCC2(c3ccc(Br)cc3)CCC2)CCOCC1. The van der Waals surface area contributed by atoms with Gasteiger partial charge in [0.25, 0.3) is 0 Å². The van der Waals surface area contributed by atoms with Crippen molar-refractivity contribution in [2.24, 2.45) is 5.73 Å².